The molecule has 1 aliphatic carbocycles. The summed E-state index contributed by atoms with van der Waals surface area (Å²) >= 11 is 5.25. The fraction of sp³-hybridized carbons (Fsp3) is 0.625. The van der Waals surface area contributed by atoms with Crippen LogP contribution in [0, 0.1) is 0 Å². The predicted molar refractivity (Wildman–Crippen MR) is 51.6 cm³/mol. The molecule has 3 heteroatoms. The highest BCUT2D eigenvalue weighted by molar-refractivity contribution is 9.09. The molecule has 1 nitrogen and oxygen atoms in total. The molecule has 0 saturated heterocycles. The van der Waals surface area contributed by atoms with Gasteiger partial charge in [0.15, 0.2) is 0 Å². The van der Waals surface area contributed by atoms with Crippen molar-refractivity contribution in [2.45, 2.75) is 25.2 Å². The molecule has 0 radical (unpaired) electrons. The van der Waals surface area contributed by atoms with Gasteiger partial charge in [0, 0.05) is 16.1 Å². The van der Waals surface area contributed by atoms with E-state index in [1.54, 1.807) is 11.3 Å². The van der Waals surface area contributed by atoms with Crippen LogP contribution < -0.4 is 0 Å². The predicted octanol–water partition coefficient (Wildman–Crippen LogP) is 2.96. The molecule has 11 heavy (non-hydrogen) atoms. The zero-order chi connectivity index (χ0) is 7.68. The number of aromatic nitrogens is 1. The van der Waals surface area contributed by atoms with Gasteiger partial charge in [-0.15, -0.1) is 11.3 Å². The topological polar surface area (TPSA) is 12.9 Å². The van der Waals surface area contributed by atoms with Gasteiger partial charge in [0.1, 0.15) is 0 Å². The molecule has 0 aromatic carbocycles. The first-order valence-electron chi connectivity index (χ1n) is 3.90. The maximum atomic E-state index is 4.39. The SMILES string of the molecule is BrCCc1scnc1C1CC1. The Labute approximate surface area is 79.0 Å². The van der Waals surface area contributed by atoms with Gasteiger partial charge >= 0.3 is 0 Å². The van der Waals surface area contributed by atoms with E-state index in [9.17, 15) is 0 Å². The summed E-state index contributed by atoms with van der Waals surface area (Å²) in [5, 5.41) is 1.06. The van der Waals surface area contributed by atoms with Crippen LogP contribution in [0.4, 0.5) is 0 Å². The Balaban J connectivity index is 2.16. The third-order valence-electron chi connectivity index (χ3n) is 1.96. The van der Waals surface area contributed by atoms with Crippen LogP contribution in [0.1, 0.15) is 29.3 Å². The first kappa shape index (κ1) is 7.74. The fourth-order valence-corrected chi connectivity index (χ4v) is 2.75. The smallest absolute Gasteiger partial charge is 0.0797 e. The summed E-state index contributed by atoms with van der Waals surface area (Å²) in [5.74, 6) is 0.815. The second-order valence-corrected chi connectivity index (χ2v) is 4.61. The number of alkyl halides is 1. The average molecular weight is 232 g/mol. The van der Waals surface area contributed by atoms with Crippen molar-refractivity contribution in [2.75, 3.05) is 5.33 Å². The van der Waals surface area contributed by atoms with Crippen molar-refractivity contribution in [1.82, 2.24) is 4.98 Å². The third-order valence-corrected chi connectivity index (χ3v) is 3.26. The zero-order valence-corrected chi connectivity index (χ0v) is 8.62. The van der Waals surface area contributed by atoms with E-state index < -0.39 is 0 Å². The zero-order valence-electron chi connectivity index (χ0n) is 6.22. The molecule has 0 N–H and O–H groups in total. The van der Waals surface area contributed by atoms with E-state index in [4.69, 9.17) is 0 Å². The van der Waals surface area contributed by atoms with Gasteiger partial charge in [0.2, 0.25) is 0 Å². The van der Waals surface area contributed by atoms with E-state index in [-0.39, 0.29) is 0 Å². The first-order valence-corrected chi connectivity index (χ1v) is 5.90. The first-order chi connectivity index (χ1) is 5.42. The highest BCUT2D eigenvalue weighted by atomic mass is 79.9. The van der Waals surface area contributed by atoms with Gasteiger partial charge in [-0.2, -0.15) is 0 Å². The highest BCUT2D eigenvalue weighted by Gasteiger charge is 2.27. The maximum Gasteiger partial charge on any atom is 0.0797 e. The second kappa shape index (κ2) is 3.23. The summed E-state index contributed by atoms with van der Waals surface area (Å²) < 4.78 is 0. The number of hydrogen-bond acceptors (Lipinski definition) is 2. The third kappa shape index (κ3) is 1.64. The minimum Gasteiger partial charge on any atom is -0.249 e. The molecule has 0 amide bonds. The van der Waals surface area contributed by atoms with Crippen LogP contribution >= 0.6 is 27.3 Å². The Kier molecular flexibility index (Phi) is 2.28. The number of aryl methyl sites for hydroxylation is 1. The Morgan fingerprint density at radius 2 is 2.45 bits per heavy atom. The van der Waals surface area contributed by atoms with Gasteiger partial charge < -0.3 is 0 Å². The van der Waals surface area contributed by atoms with Crippen LogP contribution in [0.5, 0.6) is 0 Å². The van der Waals surface area contributed by atoms with E-state index in [2.05, 4.69) is 20.9 Å². The van der Waals surface area contributed by atoms with Gasteiger partial charge in [-0.25, -0.2) is 4.98 Å². The Morgan fingerprint density at radius 1 is 1.64 bits per heavy atom. The molecule has 0 atom stereocenters. The van der Waals surface area contributed by atoms with Crippen molar-refractivity contribution < 1.29 is 0 Å². The lowest BCUT2D eigenvalue weighted by Gasteiger charge is -1.95. The average Bonchev–Trinajstić information content (AvgIpc) is 2.75. The molecular weight excluding hydrogens is 222 g/mol. The molecule has 0 spiro atoms. The number of rotatable bonds is 3. The molecule has 1 fully saturated rings. The van der Waals surface area contributed by atoms with Gasteiger partial charge in [-0.05, 0) is 19.3 Å². The van der Waals surface area contributed by atoms with Gasteiger partial charge in [-0.1, -0.05) is 15.9 Å². The molecule has 0 aliphatic heterocycles. The van der Waals surface area contributed by atoms with E-state index in [0.29, 0.717) is 0 Å². The van der Waals surface area contributed by atoms with E-state index in [0.717, 1.165) is 17.7 Å². The second-order valence-electron chi connectivity index (χ2n) is 2.87. The van der Waals surface area contributed by atoms with E-state index in [1.807, 2.05) is 5.51 Å². The molecule has 1 heterocycles. The van der Waals surface area contributed by atoms with E-state index in [1.165, 1.54) is 23.4 Å². The summed E-state index contributed by atoms with van der Waals surface area (Å²) in [4.78, 5) is 5.88. The number of halogens is 1. The van der Waals surface area contributed by atoms with Gasteiger partial charge in [0.05, 0.1) is 11.2 Å². The molecular formula is C8H10BrNS. The summed E-state index contributed by atoms with van der Waals surface area (Å²) in [6.07, 6.45) is 3.87. The molecule has 2 rings (SSSR count). The maximum absolute atomic E-state index is 4.39. The molecule has 1 saturated carbocycles. The van der Waals surface area contributed by atoms with Crippen molar-refractivity contribution >= 4 is 27.3 Å². The summed E-state index contributed by atoms with van der Waals surface area (Å²) in [6.45, 7) is 0. The van der Waals surface area contributed by atoms with Crippen molar-refractivity contribution in [1.29, 1.82) is 0 Å². The minimum atomic E-state index is 0.815. The summed E-state index contributed by atoms with van der Waals surface area (Å²) in [5.41, 5.74) is 3.36. The lowest BCUT2D eigenvalue weighted by Crippen LogP contribution is -1.88. The van der Waals surface area contributed by atoms with Crippen molar-refractivity contribution in [3.63, 3.8) is 0 Å². The van der Waals surface area contributed by atoms with Crippen LogP contribution in [0.15, 0.2) is 5.51 Å². The molecule has 1 aromatic rings. The molecule has 0 bridgehead atoms. The fourth-order valence-electron chi connectivity index (χ4n) is 1.24. The molecule has 1 aromatic heterocycles. The quantitative estimate of drug-likeness (QED) is 0.730. The minimum absolute atomic E-state index is 0.815. The van der Waals surface area contributed by atoms with Crippen molar-refractivity contribution in [2.24, 2.45) is 0 Å². The summed E-state index contributed by atoms with van der Waals surface area (Å²) in [7, 11) is 0. The number of thiazole rings is 1. The van der Waals surface area contributed by atoms with Gasteiger partial charge in [-0.3, -0.25) is 0 Å². The Bertz CT molecular complexity index is 242. The largest absolute Gasteiger partial charge is 0.249 e. The lowest BCUT2D eigenvalue weighted by molar-refractivity contribution is 1.00. The number of nitrogens with zero attached hydrogens (tertiary/aromatic N) is 1. The highest BCUT2D eigenvalue weighted by Crippen LogP contribution is 2.41. The monoisotopic (exact) mass is 231 g/mol. The van der Waals surface area contributed by atoms with Crippen molar-refractivity contribution in [3.05, 3.63) is 16.1 Å². The Morgan fingerprint density at radius 3 is 3.09 bits per heavy atom. The van der Waals surface area contributed by atoms with Crippen LogP contribution in [-0.4, -0.2) is 10.3 Å². The normalized spacial score (nSPS) is 17.2. The molecule has 60 valence electrons. The lowest BCUT2D eigenvalue weighted by atomic mass is 10.2. The van der Waals surface area contributed by atoms with Crippen molar-refractivity contribution in [3.8, 4) is 0 Å². The van der Waals surface area contributed by atoms with Crippen LogP contribution in [0.3, 0.4) is 0 Å². The van der Waals surface area contributed by atoms with Crippen LogP contribution in [0.25, 0.3) is 0 Å². The van der Waals surface area contributed by atoms with E-state index >= 15 is 0 Å². The Hall–Kier alpha value is 0.110. The summed E-state index contributed by atoms with van der Waals surface area (Å²) in [6, 6.07) is 0. The molecule has 0 unspecified atom stereocenters. The van der Waals surface area contributed by atoms with Gasteiger partial charge in [0.25, 0.3) is 0 Å². The van der Waals surface area contributed by atoms with Crippen LogP contribution in [-0.2, 0) is 6.42 Å². The number of hydrogen-bond donors (Lipinski definition) is 0. The molecule has 1 aliphatic rings. The van der Waals surface area contributed by atoms with Crippen LogP contribution in [0.2, 0.25) is 0 Å². The standard InChI is InChI=1S/C8H10BrNS/c9-4-3-7-8(6-1-2-6)10-5-11-7/h5-6H,1-4H2.